The van der Waals surface area contributed by atoms with E-state index in [2.05, 4.69) is 25.2 Å². The van der Waals surface area contributed by atoms with Crippen molar-refractivity contribution >= 4 is 29.1 Å². The molecular weight excluding hydrogens is 380 g/mol. The number of nitrogens with zero attached hydrogens (tertiary/aromatic N) is 5. The SMILES string of the molecule is Cc1ccnc(Nc2cc(N3CCN(C(=O)C4CCC(=O)CC4)CC3)nc(C)n2)c1. The van der Waals surface area contributed by atoms with Crippen molar-refractivity contribution < 1.29 is 9.59 Å². The van der Waals surface area contributed by atoms with Crippen LogP contribution in [0.4, 0.5) is 17.5 Å². The van der Waals surface area contributed by atoms with E-state index in [-0.39, 0.29) is 17.6 Å². The number of rotatable bonds is 4. The van der Waals surface area contributed by atoms with Gasteiger partial charge >= 0.3 is 0 Å². The lowest BCUT2D eigenvalue weighted by Gasteiger charge is -2.37. The van der Waals surface area contributed by atoms with Gasteiger partial charge in [-0.05, 0) is 44.4 Å². The molecule has 2 aromatic heterocycles. The Morgan fingerprint density at radius 1 is 1.03 bits per heavy atom. The van der Waals surface area contributed by atoms with E-state index < -0.39 is 0 Å². The average molecular weight is 409 g/mol. The van der Waals surface area contributed by atoms with Crippen LogP contribution >= 0.6 is 0 Å². The molecule has 0 aromatic carbocycles. The molecule has 1 saturated carbocycles. The topological polar surface area (TPSA) is 91.3 Å². The molecule has 2 fully saturated rings. The third-order valence-electron chi connectivity index (χ3n) is 5.80. The van der Waals surface area contributed by atoms with Crippen molar-refractivity contribution in [3.05, 3.63) is 35.8 Å². The number of Topliss-reactive ketones (excluding diaryl/α,β-unsaturated/α-hetero) is 1. The Bertz CT molecular complexity index is 929. The minimum Gasteiger partial charge on any atom is -0.353 e. The fourth-order valence-electron chi connectivity index (χ4n) is 4.11. The molecule has 1 amide bonds. The van der Waals surface area contributed by atoms with Crippen molar-refractivity contribution in [2.75, 3.05) is 36.4 Å². The van der Waals surface area contributed by atoms with Gasteiger partial charge in [0.1, 0.15) is 29.1 Å². The second-order valence-corrected chi connectivity index (χ2v) is 8.13. The Morgan fingerprint density at radius 2 is 1.77 bits per heavy atom. The highest BCUT2D eigenvalue weighted by atomic mass is 16.2. The Hall–Kier alpha value is -3.03. The highest BCUT2D eigenvalue weighted by Gasteiger charge is 2.30. The molecule has 1 saturated heterocycles. The van der Waals surface area contributed by atoms with Gasteiger partial charge in [-0.15, -0.1) is 0 Å². The smallest absolute Gasteiger partial charge is 0.225 e. The molecule has 3 heterocycles. The lowest BCUT2D eigenvalue weighted by molar-refractivity contribution is -0.137. The van der Waals surface area contributed by atoms with E-state index >= 15 is 0 Å². The number of carbonyl (C=O) groups is 2. The van der Waals surface area contributed by atoms with Gasteiger partial charge in [0, 0.05) is 57.2 Å². The molecular formula is C22H28N6O2. The van der Waals surface area contributed by atoms with Gasteiger partial charge in [-0.2, -0.15) is 0 Å². The largest absolute Gasteiger partial charge is 0.353 e. The van der Waals surface area contributed by atoms with Crippen LogP contribution in [0.3, 0.4) is 0 Å². The summed E-state index contributed by atoms with van der Waals surface area (Å²) in [5.41, 5.74) is 1.13. The summed E-state index contributed by atoms with van der Waals surface area (Å²) in [6.07, 6.45) is 4.26. The lowest BCUT2D eigenvalue weighted by atomic mass is 9.87. The highest BCUT2D eigenvalue weighted by Crippen LogP contribution is 2.25. The number of nitrogens with one attached hydrogen (secondary N) is 1. The number of piperazine rings is 1. The van der Waals surface area contributed by atoms with Crippen LogP contribution < -0.4 is 10.2 Å². The standard InChI is InChI=1S/C22H28N6O2/c1-15-7-8-23-19(13-15)26-20-14-21(25-16(2)24-20)27-9-11-28(12-10-27)22(30)17-3-5-18(29)6-4-17/h7-8,13-14,17H,3-6,9-12H2,1-2H3,(H,23,24,25,26). The van der Waals surface area contributed by atoms with Gasteiger partial charge in [0.15, 0.2) is 0 Å². The monoisotopic (exact) mass is 408 g/mol. The second kappa shape index (κ2) is 8.77. The first-order chi connectivity index (χ1) is 14.5. The lowest BCUT2D eigenvalue weighted by Crippen LogP contribution is -2.51. The Balaban J connectivity index is 1.39. The fourth-order valence-corrected chi connectivity index (χ4v) is 4.11. The molecule has 1 N–H and O–H groups in total. The molecule has 2 aliphatic rings. The summed E-state index contributed by atoms with van der Waals surface area (Å²) in [5.74, 6) is 3.50. The van der Waals surface area contributed by atoms with Gasteiger partial charge in [-0.3, -0.25) is 9.59 Å². The van der Waals surface area contributed by atoms with Gasteiger partial charge < -0.3 is 15.1 Å². The highest BCUT2D eigenvalue weighted by molar-refractivity contribution is 5.84. The van der Waals surface area contributed by atoms with Crippen LogP contribution in [0.1, 0.15) is 37.1 Å². The number of ketones is 1. The first-order valence-corrected chi connectivity index (χ1v) is 10.6. The Kier molecular flexibility index (Phi) is 5.92. The van der Waals surface area contributed by atoms with Crippen molar-refractivity contribution in [1.82, 2.24) is 19.9 Å². The molecule has 30 heavy (non-hydrogen) atoms. The van der Waals surface area contributed by atoms with Crippen LogP contribution in [0, 0.1) is 19.8 Å². The first kappa shape index (κ1) is 20.3. The fraction of sp³-hybridized carbons (Fsp3) is 0.500. The number of hydrogen-bond acceptors (Lipinski definition) is 7. The maximum absolute atomic E-state index is 12.8. The van der Waals surface area contributed by atoms with E-state index in [9.17, 15) is 9.59 Å². The maximum Gasteiger partial charge on any atom is 0.225 e. The minimum atomic E-state index is 0.00757. The van der Waals surface area contributed by atoms with E-state index in [1.165, 1.54) is 0 Å². The molecule has 8 nitrogen and oxygen atoms in total. The summed E-state index contributed by atoms with van der Waals surface area (Å²) in [6.45, 7) is 6.72. The molecule has 158 valence electrons. The van der Waals surface area contributed by atoms with E-state index in [0.29, 0.717) is 50.4 Å². The zero-order valence-corrected chi connectivity index (χ0v) is 17.6. The zero-order chi connectivity index (χ0) is 21.1. The number of pyridine rings is 1. The Labute approximate surface area is 176 Å². The van der Waals surface area contributed by atoms with Gasteiger partial charge in [0.25, 0.3) is 0 Å². The van der Waals surface area contributed by atoms with E-state index in [4.69, 9.17) is 0 Å². The predicted octanol–water partition coefficient (Wildman–Crippen LogP) is 2.64. The molecule has 0 spiro atoms. The predicted molar refractivity (Wildman–Crippen MR) is 115 cm³/mol. The summed E-state index contributed by atoms with van der Waals surface area (Å²) in [4.78, 5) is 41.8. The van der Waals surface area contributed by atoms with Gasteiger partial charge in [-0.1, -0.05) is 0 Å². The van der Waals surface area contributed by atoms with Gasteiger partial charge in [0.05, 0.1) is 0 Å². The molecule has 2 aromatic rings. The van der Waals surface area contributed by atoms with Crippen molar-refractivity contribution in [3.63, 3.8) is 0 Å². The summed E-state index contributed by atoms with van der Waals surface area (Å²) < 4.78 is 0. The first-order valence-electron chi connectivity index (χ1n) is 10.6. The summed E-state index contributed by atoms with van der Waals surface area (Å²) >= 11 is 0. The van der Waals surface area contributed by atoms with Gasteiger partial charge in [0.2, 0.25) is 5.91 Å². The van der Waals surface area contributed by atoms with E-state index in [1.807, 2.05) is 36.9 Å². The van der Waals surface area contributed by atoms with E-state index in [1.54, 1.807) is 6.20 Å². The van der Waals surface area contributed by atoms with Crippen molar-refractivity contribution in [1.29, 1.82) is 0 Å². The summed E-state index contributed by atoms with van der Waals surface area (Å²) in [5, 5.41) is 3.26. The van der Waals surface area contributed by atoms with Crippen LogP contribution in [0.5, 0.6) is 0 Å². The molecule has 1 aliphatic heterocycles. The van der Waals surface area contributed by atoms with Crippen LogP contribution in [-0.4, -0.2) is 57.7 Å². The van der Waals surface area contributed by atoms with Crippen LogP contribution in [0.15, 0.2) is 24.4 Å². The Morgan fingerprint density at radius 3 is 2.47 bits per heavy atom. The summed E-state index contributed by atoms with van der Waals surface area (Å²) in [7, 11) is 0. The average Bonchev–Trinajstić information content (AvgIpc) is 2.73. The third-order valence-corrected chi connectivity index (χ3v) is 5.80. The minimum absolute atomic E-state index is 0.00757. The molecule has 0 radical (unpaired) electrons. The van der Waals surface area contributed by atoms with Crippen LogP contribution in [0.25, 0.3) is 0 Å². The number of amides is 1. The van der Waals surface area contributed by atoms with Crippen molar-refractivity contribution in [2.45, 2.75) is 39.5 Å². The normalized spacial score (nSPS) is 17.9. The van der Waals surface area contributed by atoms with Crippen molar-refractivity contribution in [3.8, 4) is 0 Å². The molecule has 0 bridgehead atoms. The number of aryl methyl sites for hydroxylation is 2. The second-order valence-electron chi connectivity index (χ2n) is 8.13. The number of aromatic nitrogens is 3. The van der Waals surface area contributed by atoms with Crippen LogP contribution in [-0.2, 0) is 9.59 Å². The zero-order valence-electron chi connectivity index (χ0n) is 17.6. The number of hydrogen-bond donors (Lipinski definition) is 1. The quantitative estimate of drug-likeness (QED) is 0.831. The third kappa shape index (κ3) is 4.75. The number of carbonyl (C=O) groups excluding carboxylic acids is 2. The molecule has 1 aliphatic carbocycles. The molecule has 8 heteroatoms. The van der Waals surface area contributed by atoms with Gasteiger partial charge in [-0.25, -0.2) is 15.0 Å². The maximum atomic E-state index is 12.8. The van der Waals surface area contributed by atoms with E-state index in [0.717, 1.165) is 30.3 Å². The molecule has 0 atom stereocenters. The number of anilines is 3. The van der Waals surface area contributed by atoms with Crippen LogP contribution in [0.2, 0.25) is 0 Å². The molecule has 4 rings (SSSR count). The molecule has 0 unspecified atom stereocenters. The summed E-state index contributed by atoms with van der Waals surface area (Å²) in [6, 6.07) is 5.86. The van der Waals surface area contributed by atoms with Crippen molar-refractivity contribution in [2.24, 2.45) is 5.92 Å².